The Labute approximate surface area is 178 Å². The molecule has 2 rings (SSSR count). The van der Waals surface area contributed by atoms with Gasteiger partial charge in [0.25, 0.3) is 5.69 Å². The summed E-state index contributed by atoms with van der Waals surface area (Å²) in [6.45, 7) is 5.51. The Bertz CT molecular complexity index is 830. The number of nitro groups is 1. The molecule has 10 nitrogen and oxygen atoms in total. The molecule has 1 unspecified atom stereocenters. The van der Waals surface area contributed by atoms with E-state index in [0.717, 1.165) is 32.1 Å². The molecule has 1 atom stereocenters. The van der Waals surface area contributed by atoms with Crippen LogP contribution in [0, 0.1) is 10.1 Å². The highest BCUT2D eigenvalue weighted by Crippen LogP contribution is 2.18. The van der Waals surface area contributed by atoms with Gasteiger partial charge in [-0.2, -0.15) is 0 Å². The molecule has 0 bridgehead atoms. The molecule has 3 N–H and O–H groups in total. The molecule has 1 heterocycles. The number of likely N-dealkylation sites (tertiary alicyclic amines) is 1. The molecule has 0 radical (unpaired) electrons. The van der Waals surface area contributed by atoms with E-state index in [1.807, 2.05) is 0 Å². The number of hydrogen-bond donors (Lipinski definition) is 3. The summed E-state index contributed by atoms with van der Waals surface area (Å²) in [5.74, 6) is 0.606. The summed E-state index contributed by atoms with van der Waals surface area (Å²) in [6.07, 6.45) is 4.97. The van der Waals surface area contributed by atoms with Crippen molar-refractivity contribution in [1.82, 2.24) is 20.3 Å². The van der Waals surface area contributed by atoms with Crippen LogP contribution in [0.4, 0.5) is 5.69 Å². The van der Waals surface area contributed by atoms with Crippen LogP contribution < -0.4 is 15.4 Å². The second kappa shape index (κ2) is 11.8. The quantitative estimate of drug-likeness (QED) is 0.164. The van der Waals surface area contributed by atoms with Gasteiger partial charge >= 0.3 is 0 Å². The van der Waals surface area contributed by atoms with Crippen molar-refractivity contribution in [1.29, 1.82) is 0 Å². The van der Waals surface area contributed by atoms with Gasteiger partial charge in [-0.05, 0) is 31.9 Å². The van der Waals surface area contributed by atoms with Crippen LogP contribution in [0.5, 0.6) is 0 Å². The van der Waals surface area contributed by atoms with E-state index < -0.39 is 14.9 Å². The van der Waals surface area contributed by atoms with Crippen LogP contribution >= 0.6 is 0 Å². The minimum absolute atomic E-state index is 0.121. The van der Waals surface area contributed by atoms with Gasteiger partial charge in [-0.15, -0.1) is 0 Å². The molecule has 0 saturated carbocycles. The summed E-state index contributed by atoms with van der Waals surface area (Å²) in [6, 6.07) is 5.62. The summed E-state index contributed by atoms with van der Waals surface area (Å²) >= 11 is 0. The molecular weight excluding hydrogens is 408 g/mol. The van der Waals surface area contributed by atoms with E-state index >= 15 is 0 Å². The molecule has 0 aliphatic carbocycles. The highest BCUT2D eigenvalue weighted by Gasteiger charge is 2.20. The summed E-state index contributed by atoms with van der Waals surface area (Å²) in [4.78, 5) is 16.7. The zero-order valence-electron chi connectivity index (χ0n) is 17.6. The minimum atomic E-state index is -3.82. The number of rotatable bonds is 10. The fourth-order valence-corrected chi connectivity index (χ4v) is 4.64. The molecule has 30 heavy (non-hydrogen) atoms. The number of piperidine rings is 1. The monoisotopic (exact) mass is 440 g/mol. The van der Waals surface area contributed by atoms with Crippen LogP contribution in [0.3, 0.4) is 0 Å². The lowest BCUT2D eigenvalue weighted by Gasteiger charge is -2.35. The van der Waals surface area contributed by atoms with Gasteiger partial charge in [0.05, 0.1) is 9.82 Å². The third-order valence-electron chi connectivity index (χ3n) is 5.18. The third kappa shape index (κ3) is 7.22. The zero-order valence-corrected chi connectivity index (χ0v) is 18.5. The Morgan fingerprint density at radius 3 is 2.73 bits per heavy atom. The highest BCUT2D eigenvalue weighted by atomic mass is 32.2. The van der Waals surface area contributed by atoms with E-state index in [1.54, 1.807) is 7.05 Å². The number of nitrogens with zero attached hydrogens (tertiary/aromatic N) is 3. The molecule has 1 aromatic rings. The summed E-state index contributed by atoms with van der Waals surface area (Å²) in [7, 11) is -2.16. The molecule has 1 aromatic carbocycles. The fraction of sp³-hybridized carbons (Fsp3) is 0.632. The molecule has 1 aliphatic heterocycles. The second-order valence-corrected chi connectivity index (χ2v) is 8.94. The Kier molecular flexibility index (Phi) is 9.47. The molecule has 11 heteroatoms. The minimum Gasteiger partial charge on any atom is -0.355 e. The van der Waals surface area contributed by atoms with Crippen molar-refractivity contribution >= 4 is 21.7 Å². The van der Waals surface area contributed by atoms with E-state index in [-0.39, 0.29) is 17.1 Å². The molecule has 0 aromatic heterocycles. The van der Waals surface area contributed by atoms with Crippen molar-refractivity contribution in [2.45, 2.75) is 43.5 Å². The Balaban J connectivity index is 1.74. The van der Waals surface area contributed by atoms with Gasteiger partial charge in [0.15, 0.2) is 5.96 Å². The van der Waals surface area contributed by atoms with Crippen molar-refractivity contribution in [3.05, 3.63) is 34.4 Å². The zero-order chi connectivity index (χ0) is 22.0. The molecule has 0 amide bonds. The highest BCUT2D eigenvalue weighted by molar-refractivity contribution is 7.89. The van der Waals surface area contributed by atoms with Gasteiger partial charge in [0.2, 0.25) is 10.0 Å². The molecule has 0 spiro atoms. The van der Waals surface area contributed by atoms with Crippen molar-refractivity contribution in [3.8, 4) is 0 Å². The number of nitro benzene ring substituents is 1. The maximum Gasteiger partial charge on any atom is 0.270 e. The average Bonchev–Trinajstić information content (AvgIpc) is 2.75. The largest absolute Gasteiger partial charge is 0.355 e. The lowest BCUT2D eigenvalue weighted by molar-refractivity contribution is -0.385. The normalized spacial score (nSPS) is 18.2. The third-order valence-corrected chi connectivity index (χ3v) is 6.64. The maximum absolute atomic E-state index is 12.3. The predicted molar refractivity (Wildman–Crippen MR) is 117 cm³/mol. The van der Waals surface area contributed by atoms with Crippen LogP contribution in [0.1, 0.15) is 32.6 Å². The Morgan fingerprint density at radius 1 is 1.27 bits per heavy atom. The topological polar surface area (TPSA) is 129 Å². The molecule has 1 aliphatic rings. The van der Waals surface area contributed by atoms with Crippen LogP contribution in [0.15, 0.2) is 34.2 Å². The number of sulfonamides is 1. The van der Waals surface area contributed by atoms with Gasteiger partial charge in [-0.3, -0.25) is 20.0 Å². The van der Waals surface area contributed by atoms with Crippen molar-refractivity contribution < 1.29 is 13.3 Å². The lowest BCUT2D eigenvalue weighted by Crippen LogP contribution is -2.46. The lowest BCUT2D eigenvalue weighted by atomic mass is 10.0. The van der Waals surface area contributed by atoms with Crippen molar-refractivity contribution in [3.63, 3.8) is 0 Å². The second-order valence-electron chi connectivity index (χ2n) is 7.17. The van der Waals surface area contributed by atoms with Gasteiger partial charge in [0, 0.05) is 51.4 Å². The first-order valence-corrected chi connectivity index (χ1v) is 11.8. The van der Waals surface area contributed by atoms with Crippen LogP contribution in [-0.2, 0) is 10.0 Å². The number of benzene rings is 1. The number of aliphatic imine (C=N–C) groups is 1. The van der Waals surface area contributed by atoms with E-state index in [2.05, 4.69) is 32.2 Å². The van der Waals surface area contributed by atoms with E-state index in [4.69, 9.17) is 0 Å². The number of hydrogen-bond acceptors (Lipinski definition) is 6. The fourth-order valence-electron chi connectivity index (χ4n) is 3.57. The van der Waals surface area contributed by atoms with E-state index in [1.165, 1.54) is 37.5 Å². The van der Waals surface area contributed by atoms with Crippen LogP contribution in [-0.4, -0.2) is 70.0 Å². The molecule has 168 valence electrons. The Morgan fingerprint density at radius 2 is 2.03 bits per heavy atom. The first-order valence-electron chi connectivity index (χ1n) is 10.3. The maximum atomic E-state index is 12.3. The van der Waals surface area contributed by atoms with Crippen molar-refractivity contribution in [2.24, 2.45) is 4.99 Å². The van der Waals surface area contributed by atoms with E-state index in [9.17, 15) is 18.5 Å². The molecule has 1 saturated heterocycles. The Hall–Kier alpha value is -2.24. The standard InChI is InChI=1S/C19H32N6O4S/c1-3-16-7-4-5-13-24(16)14-12-22-19(20-2)21-10-11-23-30(28,29)18-9-6-8-17(15-18)25(26)27/h6,8-9,15-16,23H,3-5,7,10-14H2,1-2H3,(H2,20,21,22). The van der Waals surface area contributed by atoms with Gasteiger partial charge < -0.3 is 10.6 Å². The first-order chi connectivity index (χ1) is 14.4. The number of non-ortho nitro benzene ring substituents is 1. The SMILES string of the molecule is CCC1CCCCN1CCNC(=NC)NCCNS(=O)(=O)c1cccc([N+](=O)[O-])c1. The number of nitrogens with one attached hydrogen (secondary N) is 3. The van der Waals surface area contributed by atoms with Crippen LogP contribution in [0.25, 0.3) is 0 Å². The van der Waals surface area contributed by atoms with Gasteiger partial charge in [-0.25, -0.2) is 13.1 Å². The summed E-state index contributed by atoms with van der Waals surface area (Å²) in [5.41, 5.74) is -0.264. The number of guanidine groups is 1. The average molecular weight is 441 g/mol. The first kappa shape index (κ1) is 24.0. The van der Waals surface area contributed by atoms with Crippen molar-refractivity contribution in [2.75, 3.05) is 39.8 Å². The van der Waals surface area contributed by atoms with E-state index in [0.29, 0.717) is 18.5 Å². The van der Waals surface area contributed by atoms with Crippen LogP contribution in [0.2, 0.25) is 0 Å². The predicted octanol–water partition coefficient (Wildman–Crippen LogP) is 1.30. The summed E-state index contributed by atoms with van der Waals surface area (Å²) in [5, 5.41) is 17.2. The van der Waals surface area contributed by atoms with Gasteiger partial charge in [-0.1, -0.05) is 19.4 Å². The molecule has 1 fully saturated rings. The molecular formula is C19H32N6O4S. The van der Waals surface area contributed by atoms with Gasteiger partial charge in [0.1, 0.15) is 0 Å². The summed E-state index contributed by atoms with van der Waals surface area (Å²) < 4.78 is 27.1. The smallest absolute Gasteiger partial charge is 0.270 e.